The SMILES string of the molecule is O=C(NN1CCCC1)c1cc(Cl)ccn1. The third-order valence-corrected chi connectivity index (χ3v) is 2.56. The smallest absolute Gasteiger partial charge is 0.283 e. The second kappa shape index (κ2) is 4.59. The second-order valence-electron chi connectivity index (χ2n) is 3.49. The lowest BCUT2D eigenvalue weighted by atomic mass is 10.3. The molecule has 0 atom stereocenters. The minimum atomic E-state index is -0.195. The van der Waals surface area contributed by atoms with Crippen LogP contribution in [0.15, 0.2) is 18.3 Å². The van der Waals surface area contributed by atoms with Gasteiger partial charge in [-0.1, -0.05) is 11.6 Å². The van der Waals surface area contributed by atoms with Crippen molar-refractivity contribution in [3.8, 4) is 0 Å². The molecule has 1 aliphatic rings. The van der Waals surface area contributed by atoms with Gasteiger partial charge >= 0.3 is 0 Å². The number of carbonyl (C=O) groups is 1. The van der Waals surface area contributed by atoms with Crippen molar-refractivity contribution in [2.45, 2.75) is 12.8 Å². The van der Waals surface area contributed by atoms with E-state index in [1.165, 1.54) is 6.20 Å². The number of hydrazine groups is 1. The molecule has 1 aromatic heterocycles. The Kier molecular flexibility index (Phi) is 3.18. The number of nitrogens with one attached hydrogen (secondary N) is 1. The molecule has 1 fully saturated rings. The van der Waals surface area contributed by atoms with Crippen LogP contribution < -0.4 is 5.43 Å². The number of nitrogens with zero attached hydrogens (tertiary/aromatic N) is 2. The monoisotopic (exact) mass is 225 g/mol. The molecule has 5 heteroatoms. The van der Waals surface area contributed by atoms with Gasteiger partial charge in [-0.2, -0.15) is 0 Å². The summed E-state index contributed by atoms with van der Waals surface area (Å²) in [6.45, 7) is 1.82. The number of pyridine rings is 1. The van der Waals surface area contributed by atoms with E-state index in [1.54, 1.807) is 12.1 Å². The maximum atomic E-state index is 11.7. The zero-order valence-electron chi connectivity index (χ0n) is 8.24. The molecule has 1 aliphatic heterocycles. The Morgan fingerprint density at radius 1 is 1.47 bits per heavy atom. The van der Waals surface area contributed by atoms with Gasteiger partial charge in [-0.25, -0.2) is 5.01 Å². The van der Waals surface area contributed by atoms with E-state index in [0.717, 1.165) is 25.9 Å². The molecule has 1 saturated heterocycles. The average molecular weight is 226 g/mol. The lowest BCUT2D eigenvalue weighted by molar-refractivity contribution is 0.0820. The Morgan fingerprint density at radius 3 is 2.87 bits per heavy atom. The number of halogens is 1. The van der Waals surface area contributed by atoms with E-state index < -0.39 is 0 Å². The van der Waals surface area contributed by atoms with Gasteiger partial charge in [-0.15, -0.1) is 0 Å². The second-order valence-corrected chi connectivity index (χ2v) is 3.93. The Hall–Kier alpha value is -1.13. The average Bonchev–Trinajstić information content (AvgIpc) is 2.70. The molecule has 1 amide bonds. The largest absolute Gasteiger partial charge is 0.284 e. The molecule has 0 aliphatic carbocycles. The van der Waals surface area contributed by atoms with E-state index in [1.807, 2.05) is 5.01 Å². The molecular formula is C10H12ClN3O. The Labute approximate surface area is 93.2 Å². The molecule has 0 spiro atoms. The van der Waals surface area contributed by atoms with Crippen LogP contribution in [-0.4, -0.2) is 29.0 Å². The number of amides is 1. The normalized spacial score (nSPS) is 16.6. The van der Waals surface area contributed by atoms with Crippen LogP contribution in [0, 0.1) is 0 Å². The van der Waals surface area contributed by atoms with Crippen molar-refractivity contribution in [1.29, 1.82) is 0 Å². The molecule has 80 valence electrons. The molecule has 0 unspecified atom stereocenters. The zero-order chi connectivity index (χ0) is 10.7. The fraction of sp³-hybridized carbons (Fsp3) is 0.400. The molecule has 4 nitrogen and oxygen atoms in total. The summed E-state index contributed by atoms with van der Waals surface area (Å²) in [5.41, 5.74) is 3.15. The predicted octanol–water partition coefficient (Wildman–Crippen LogP) is 1.48. The molecule has 1 aromatic rings. The minimum absolute atomic E-state index is 0.195. The summed E-state index contributed by atoms with van der Waals surface area (Å²) in [5.74, 6) is -0.195. The van der Waals surface area contributed by atoms with Crippen LogP contribution in [0.3, 0.4) is 0 Å². The van der Waals surface area contributed by atoms with Crippen LogP contribution >= 0.6 is 11.6 Å². The molecule has 2 rings (SSSR count). The third-order valence-electron chi connectivity index (χ3n) is 2.32. The van der Waals surface area contributed by atoms with E-state index in [-0.39, 0.29) is 5.91 Å². The van der Waals surface area contributed by atoms with Crippen LogP contribution in [0.1, 0.15) is 23.3 Å². The molecule has 0 saturated carbocycles. The molecule has 0 bridgehead atoms. The molecule has 15 heavy (non-hydrogen) atoms. The van der Waals surface area contributed by atoms with Gasteiger partial charge in [-0.05, 0) is 25.0 Å². The summed E-state index contributed by atoms with van der Waals surface area (Å²) in [4.78, 5) is 15.6. The summed E-state index contributed by atoms with van der Waals surface area (Å²) in [5, 5.41) is 2.43. The third kappa shape index (κ3) is 2.67. The lowest BCUT2D eigenvalue weighted by Crippen LogP contribution is -2.40. The van der Waals surface area contributed by atoms with Gasteiger partial charge in [0.05, 0.1) is 0 Å². The van der Waals surface area contributed by atoms with Crippen molar-refractivity contribution in [2.75, 3.05) is 13.1 Å². The molecule has 0 radical (unpaired) electrons. The Morgan fingerprint density at radius 2 is 2.20 bits per heavy atom. The first-order valence-electron chi connectivity index (χ1n) is 4.93. The summed E-state index contributed by atoms with van der Waals surface area (Å²) in [7, 11) is 0. The van der Waals surface area contributed by atoms with Gasteiger partial charge in [0.25, 0.3) is 5.91 Å². The van der Waals surface area contributed by atoms with Crippen molar-refractivity contribution in [1.82, 2.24) is 15.4 Å². The fourth-order valence-corrected chi connectivity index (χ4v) is 1.72. The van der Waals surface area contributed by atoms with Gasteiger partial charge in [0, 0.05) is 24.3 Å². The van der Waals surface area contributed by atoms with Gasteiger partial charge in [0.2, 0.25) is 0 Å². The lowest BCUT2D eigenvalue weighted by Gasteiger charge is -2.15. The van der Waals surface area contributed by atoms with E-state index in [0.29, 0.717) is 10.7 Å². The topological polar surface area (TPSA) is 45.2 Å². The summed E-state index contributed by atoms with van der Waals surface area (Å²) >= 11 is 5.77. The number of hydrogen-bond acceptors (Lipinski definition) is 3. The Balaban J connectivity index is 2.01. The van der Waals surface area contributed by atoms with E-state index in [2.05, 4.69) is 10.4 Å². The first-order valence-corrected chi connectivity index (χ1v) is 5.31. The predicted molar refractivity (Wildman–Crippen MR) is 57.5 cm³/mol. The van der Waals surface area contributed by atoms with Crippen molar-refractivity contribution in [3.05, 3.63) is 29.0 Å². The molecule has 2 heterocycles. The zero-order valence-corrected chi connectivity index (χ0v) is 9.00. The first kappa shape index (κ1) is 10.4. The maximum absolute atomic E-state index is 11.7. The van der Waals surface area contributed by atoms with Crippen LogP contribution in [0.25, 0.3) is 0 Å². The highest BCUT2D eigenvalue weighted by Gasteiger charge is 2.15. The fourth-order valence-electron chi connectivity index (χ4n) is 1.56. The van der Waals surface area contributed by atoms with E-state index in [4.69, 9.17) is 11.6 Å². The van der Waals surface area contributed by atoms with Crippen LogP contribution in [-0.2, 0) is 0 Å². The van der Waals surface area contributed by atoms with Crippen LogP contribution in [0.2, 0.25) is 5.02 Å². The van der Waals surface area contributed by atoms with Crippen molar-refractivity contribution < 1.29 is 4.79 Å². The van der Waals surface area contributed by atoms with Gasteiger partial charge in [0.15, 0.2) is 0 Å². The first-order chi connectivity index (χ1) is 7.25. The highest BCUT2D eigenvalue weighted by Crippen LogP contribution is 2.09. The maximum Gasteiger partial charge on any atom is 0.284 e. The molecular weight excluding hydrogens is 214 g/mol. The van der Waals surface area contributed by atoms with Crippen LogP contribution in [0.4, 0.5) is 0 Å². The summed E-state index contributed by atoms with van der Waals surface area (Å²) in [6.07, 6.45) is 3.79. The number of aromatic nitrogens is 1. The Bertz CT molecular complexity index is 363. The summed E-state index contributed by atoms with van der Waals surface area (Å²) < 4.78 is 0. The van der Waals surface area contributed by atoms with Crippen molar-refractivity contribution in [2.24, 2.45) is 0 Å². The van der Waals surface area contributed by atoms with E-state index >= 15 is 0 Å². The summed E-state index contributed by atoms with van der Waals surface area (Å²) in [6, 6.07) is 3.21. The standard InChI is InChI=1S/C10H12ClN3O/c11-8-3-4-12-9(7-8)10(15)13-14-5-1-2-6-14/h3-4,7H,1-2,5-6H2,(H,13,15). The van der Waals surface area contributed by atoms with Gasteiger partial charge in [-0.3, -0.25) is 15.2 Å². The van der Waals surface area contributed by atoms with Crippen molar-refractivity contribution >= 4 is 17.5 Å². The van der Waals surface area contributed by atoms with E-state index in [9.17, 15) is 4.79 Å². The van der Waals surface area contributed by atoms with Crippen LogP contribution in [0.5, 0.6) is 0 Å². The number of rotatable bonds is 2. The molecule has 1 N–H and O–H groups in total. The highest BCUT2D eigenvalue weighted by molar-refractivity contribution is 6.30. The van der Waals surface area contributed by atoms with Gasteiger partial charge in [0.1, 0.15) is 5.69 Å². The minimum Gasteiger partial charge on any atom is -0.283 e. The van der Waals surface area contributed by atoms with Gasteiger partial charge < -0.3 is 0 Å². The quantitative estimate of drug-likeness (QED) is 0.829. The van der Waals surface area contributed by atoms with Crippen molar-refractivity contribution in [3.63, 3.8) is 0 Å². The molecule has 0 aromatic carbocycles. The number of hydrogen-bond donors (Lipinski definition) is 1. The highest BCUT2D eigenvalue weighted by atomic mass is 35.5. The number of carbonyl (C=O) groups excluding carboxylic acids is 1.